The lowest BCUT2D eigenvalue weighted by Crippen LogP contribution is -2.27. The van der Waals surface area contributed by atoms with Crippen molar-refractivity contribution in [3.63, 3.8) is 0 Å². The standard InChI is InChI=1S/C21H21ClN2O4S/c1-28-17-7-6-16(22)11-15(17)12-19(25)23-9-8-13-2-4-14(5-3-13)10-18-20(26)24-21(27)29-18/h2-7,11,18H,8-10,12H2,1H3,(H,23,25)(H,24,26,27)/t18-/m0/s1. The third-order valence-electron chi connectivity index (χ3n) is 4.54. The van der Waals surface area contributed by atoms with Crippen LogP contribution in [0.2, 0.25) is 5.02 Å². The van der Waals surface area contributed by atoms with Gasteiger partial charge in [0, 0.05) is 17.1 Å². The summed E-state index contributed by atoms with van der Waals surface area (Å²) >= 11 is 7.03. The van der Waals surface area contributed by atoms with Crippen molar-refractivity contribution in [2.24, 2.45) is 0 Å². The Kier molecular flexibility index (Phi) is 7.17. The van der Waals surface area contributed by atoms with E-state index in [-0.39, 0.29) is 28.7 Å². The number of amides is 3. The maximum absolute atomic E-state index is 12.2. The van der Waals surface area contributed by atoms with Crippen molar-refractivity contribution in [1.29, 1.82) is 0 Å². The van der Waals surface area contributed by atoms with E-state index >= 15 is 0 Å². The van der Waals surface area contributed by atoms with Gasteiger partial charge >= 0.3 is 0 Å². The van der Waals surface area contributed by atoms with Crippen molar-refractivity contribution in [3.8, 4) is 5.75 Å². The van der Waals surface area contributed by atoms with Gasteiger partial charge in [0.1, 0.15) is 5.75 Å². The first-order chi connectivity index (χ1) is 13.9. The lowest BCUT2D eigenvalue weighted by Gasteiger charge is -2.10. The van der Waals surface area contributed by atoms with Crippen LogP contribution in [-0.2, 0) is 28.9 Å². The van der Waals surface area contributed by atoms with E-state index < -0.39 is 0 Å². The third-order valence-corrected chi connectivity index (χ3v) is 5.76. The Morgan fingerprint density at radius 1 is 1.17 bits per heavy atom. The number of imide groups is 1. The van der Waals surface area contributed by atoms with Crippen LogP contribution in [0.4, 0.5) is 4.79 Å². The largest absolute Gasteiger partial charge is 0.496 e. The van der Waals surface area contributed by atoms with Crippen LogP contribution in [0, 0.1) is 0 Å². The molecule has 3 amide bonds. The van der Waals surface area contributed by atoms with Gasteiger partial charge in [0.15, 0.2) is 0 Å². The predicted octanol–water partition coefficient (Wildman–Crippen LogP) is 3.14. The second-order valence-electron chi connectivity index (χ2n) is 6.64. The van der Waals surface area contributed by atoms with Crippen molar-refractivity contribution in [2.75, 3.05) is 13.7 Å². The van der Waals surface area contributed by atoms with Gasteiger partial charge in [0.2, 0.25) is 11.8 Å². The number of ether oxygens (including phenoxy) is 1. The Labute approximate surface area is 178 Å². The van der Waals surface area contributed by atoms with Gasteiger partial charge in [-0.05, 0) is 42.2 Å². The molecule has 1 aliphatic rings. The number of hydrogen-bond acceptors (Lipinski definition) is 5. The Morgan fingerprint density at radius 2 is 1.90 bits per heavy atom. The van der Waals surface area contributed by atoms with Crippen LogP contribution >= 0.6 is 23.4 Å². The van der Waals surface area contributed by atoms with E-state index in [1.807, 2.05) is 24.3 Å². The highest BCUT2D eigenvalue weighted by Crippen LogP contribution is 2.24. The number of carbonyl (C=O) groups is 3. The second-order valence-corrected chi connectivity index (χ2v) is 8.25. The molecular formula is C21H21ClN2O4S. The molecule has 0 radical (unpaired) electrons. The number of halogens is 1. The molecule has 152 valence electrons. The van der Waals surface area contributed by atoms with Gasteiger partial charge < -0.3 is 10.1 Å². The average Bonchev–Trinajstić information content (AvgIpc) is 3.00. The van der Waals surface area contributed by atoms with E-state index in [1.165, 1.54) is 0 Å². The summed E-state index contributed by atoms with van der Waals surface area (Å²) in [5, 5.41) is 5.11. The van der Waals surface area contributed by atoms with Gasteiger partial charge in [0.25, 0.3) is 5.24 Å². The van der Waals surface area contributed by atoms with Gasteiger partial charge in [-0.2, -0.15) is 0 Å². The Morgan fingerprint density at radius 3 is 2.55 bits per heavy atom. The summed E-state index contributed by atoms with van der Waals surface area (Å²) in [6.07, 6.45) is 1.40. The molecule has 0 aromatic heterocycles. The number of rotatable bonds is 8. The van der Waals surface area contributed by atoms with E-state index in [1.54, 1.807) is 25.3 Å². The van der Waals surface area contributed by atoms with E-state index in [2.05, 4.69) is 10.6 Å². The fraction of sp³-hybridized carbons (Fsp3) is 0.286. The number of benzene rings is 2. The zero-order valence-corrected chi connectivity index (χ0v) is 17.4. The van der Waals surface area contributed by atoms with Crippen LogP contribution in [0.15, 0.2) is 42.5 Å². The van der Waals surface area contributed by atoms with Crippen molar-refractivity contribution in [1.82, 2.24) is 10.6 Å². The van der Waals surface area contributed by atoms with Gasteiger partial charge in [-0.3, -0.25) is 19.7 Å². The predicted molar refractivity (Wildman–Crippen MR) is 113 cm³/mol. The average molecular weight is 433 g/mol. The summed E-state index contributed by atoms with van der Waals surface area (Å²) in [7, 11) is 1.56. The maximum Gasteiger partial charge on any atom is 0.286 e. The fourth-order valence-corrected chi connectivity index (χ4v) is 4.11. The molecular weight excluding hydrogens is 412 g/mol. The van der Waals surface area contributed by atoms with E-state index in [9.17, 15) is 14.4 Å². The van der Waals surface area contributed by atoms with Gasteiger partial charge in [0.05, 0.1) is 18.8 Å². The summed E-state index contributed by atoms with van der Waals surface area (Å²) in [4.78, 5) is 35.1. The molecule has 0 bridgehead atoms. The van der Waals surface area contributed by atoms with Crippen molar-refractivity contribution >= 4 is 40.4 Å². The summed E-state index contributed by atoms with van der Waals surface area (Å²) in [6.45, 7) is 0.510. The monoisotopic (exact) mass is 432 g/mol. The summed E-state index contributed by atoms with van der Waals surface area (Å²) in [6, 6.07) is 13.0. The quantitative estimate of drug-likeness (QED) is 0.669. The third kappa shape index (κ3) is 5.98. The molecule has 8 heteroatoms. The molecule has 0 saturated carbocycles. The van der Waals surface area contributed by atoms with Crippen LogP contribution in [0.3, 0.4) is 0 Å². The molecule has 1 atom stereocenters. The van der Waals surface area contributed by atoms with Gasteiger partial charge in [-0.15, -0.1) is 0 Å². The molecule has 1 fully saturated rings. The lowest BCUT2D eigenvalue weighted by atomic mass is 10.1. The molecule has 0 spiro atoms. The summed E-state index contributed by atoms with van der Waals surface area (Å²) in [5.41, 5.74) is 2.82. The first-order valence-corrected chi connectivity index (χ1v) is 10.4. The molecule has 0 aliphatic carbocycles. The normalized spacial score (nSPS) is 15.9. The van der Waals surface area contributed by atoms with Crippen LogP contribution in [0.5, 0.6) is 5.75 Å². The highest BCUT2D eigenvalue weighted by atomic mass is 35.5. The highest BCUT2D eigenvalue weighted by Gasteiger charge is 2.31. The molecule has 1 saturated heterocycles. The molecule has 1 heterocycles. The van der Waals surface area contributed by atoms with Crippen LogP contribution < -0.4 is 15.4 Å². The minimum atomic E-state index is -0.365. The maximum atomic E-state index is 12.2. The van der Waals surface area contributed by atoms with Crippen LogP contribution in [0.25, 0.3) is 0 Å². The Hall–Kier alpha value is -2.51. The molecule has 3 rings (SSSR count). The molecule has 0 unspecified atom stereocenters. The van der Waals surface area contributed by atoms with Crippen molar-refractivity contribution < 1.29 is 19.1 Å². The van der Waals surface area contributed by atoms with E-state index in [0.717, 1.165) is 28.5 Å². The zero-order valence-electron chi connectivity index (χ0n) is 15.9. The number of thioether (sulfide) groups is 1. The van der Waals surface area contributed by atoms with Gasteiger partial charge in [-0.25, -0.2) is 0 Å². The summed E-state index contributed by atoms with van der Waals surface area (Å²) in [5.74, 6) is 0.301. The minimum Gasteiger partial charge on any atom is -0.496 e. The molecule has 2 aromatic carbocycles. The lowest BCUT2D eigenvalue weighted by molar-refractivity contribution is -0.120. The number of hydrogen-bond donors (Lipinski definition) is 2. The topological polar surface area (TPSA) is 84.5 Å². The summed E-state index contributed by atoms with van der Waals surface area (Å²) < 4.78 is 5.26. The van der Waals surface area contributed by atoms with Crippen molar-refractivity contribution in [2.45, 2.75) is 24.5 Å². The van der Waals surface area contributed by atoms with Gasteiger partial charge in [-0.1, -0.05) is 47.6 Å². The smallest absolute Gasteiger partial charge is 0.286 e. The molecule has 1 aliphatic heterocycles. The van der Waals surface area contributed by atoms with Crippen LogP contribution in [-0.4, -0.2) is 36.0 Å². The minimum absolute atomic E-state index is 0.101. The Balaban J connectivity index is 1.46. The molecule has 2 aromatic rings. The second kappa shape index (κ2) is 9.80. The fourth-order valence-electron chi connectivity index (χ4n) is 3.05. The Bertz CT molecular complexity index is 917. The number of nitrogens with one attached hydrogen (secondary N) is 2. The van der Waals surface area contributed by atoms with E-state index in [0.29, 0.717) is 30.2 Å². The molecule has 2 N–H and O–H groups in total. The first-order valence-electron chi connectivity index (χ1n) is 9.13. The molecule has 6 nitrogen and oxygen atoms in total. The van der Waals surface area contributed by atoms with Crippen molar-refractivity contribution in [3.05, 3.63) is 64.2 Å². The first kappa shape index (κ1) is 21.2. The molecule has 29 heavy (non-hydrogen) atoms. The number of carbonyl (C=O) groups excluding carboxylic acids is 3. The zero-order chi connectivity index (χ0) is 20.8. The SMILES string of the molecule is COc1ccc(Cl)cc1CC(=O)NCCc1ccc(C[C@@H]2SC(=O)NC2=O)cc1. The van der Waals surface area contributed by atoms with E-state index in [4.69, 9.17) is 16.3 Å². The van der Waals surface area contributed by atoms with Crippen LogP contribution in [0.1, 0.15) is 16.7 Å². The highest BCUT2D eigenvalue weighted by molar-refractivity contribution is 8.15. The number of methoxy groups -OCH3 is 1.